The molecule has 0 unspecified atom stereocenters. The van der Waals surface area contributed by atoms with Gasteiger partial charge in [0.2, 0.25) is 5.91 Å². The summed E-state index contributed by atoms with van der Waals surface area (Å²) in [6.07, 6.45) is 8.20. The third-order valence-electron chi connectivity index (χ3n) is 4.90. The molecule has 2 aliphatic carbocycles. The Labute approximate surface area is 160 Å². The number of carbonyl (C=O) groups is 1. The Kier molecular flexibility index (Phi) is 5.13. The zero-order chi connectivity index (χ0) is 18.1. The monoisotopic (exact) mass is 390 g/mol. The van der Waals surface area contributed by atoms with Crippen LogP contribution in [0.2, 0.25) is 0 Å². The van der Waals surface area contributed by atoms with Crippen molar-refractivity contribution in [3.63, 3.8) is 0 Å². The summed E-state index contributed by atoms with van der Waals surface area (Å²) in [6, 6.07) is 0. The summed E-state index contributed by atoms with van der Waals surface area (Å²) in [5.74, 6) is -0.110. The van der Waals surface area contributed by atoms with Gasteiger partial charge in [0.25, 0.3) is 5.56 Å². The van der Waals surface area contributed by atoms with Crippen LogP contribution in [0.4, 0.5) is 5.13 Å². The number of nitrogens with one attached hydrogen (secondary N) is 2. The maximum atomic E-state index is 12.5. The molecule has 0 fully saturated rings. The molecule has 8 heteroatoms. The molecule has 2 heterocycles. The van der Waals surface area contributed by atoms with Gasteiger partial charge >= 0.3 is 0 Å². The molecule has 0 spiro atoms. The van der Waals surface area contributed by atoms with Gasteiger partial charge in [0, 0.05) is 10.4 Å². The molecule has 0 bridgehead atoms. The van der Waals surface area contributed by atoms with Gasteiger partial charge in [-0.05, 0) is 58.3 Å². The highest BCUT2D eigenvalue weighted by atomic mass is 32.2. The molecule has 0 aromatic carbocycles. The minimum absolute atomic E-state index is 0.0580. The van der Waals surface area contributed by atoms with E-state index in [1.165, 1.54) is 29.5 Å². The number of aromatic nitrogens is 3. The van der Waals surface area contributed by atoms with Gasteiger partial charge in [-0.1, -0.05) is 11.8 Å². The van der Waals surface area contributed by atoms with Gasteiger partial charge in [-0.15, -0.1) is 11.3 Å². The van der Waals surface area contributed by atoms with Gasteiger partial charge in [0.15, 0.2) is 10.3 Å². The van der Waals surface area contributed by atoms with Crippen molar-refractivity contribution in [2.24, 2.45) is 0 Å². The lowest BCUT2D eigenvalue weighted by molar-refractivity contribution is -0.115. The van der Waals surface area contributed by atoms with Crippen molar-refractivity contribution in [2.45, 2.75) is 68.7 Å². The number of hydrogen-bond donors (Lipinski definition) is 2. The number of thiazole rings is 1. The third kappa shape index (κ3) is 3.71. The topological polar surface area (TPSA) is 87.7 Å². The SMILES string of the molecule is C[C@H](Sc1nc2c(c(=O)[nH]1)CCCC2)C(=O)Nc1nc2c(s1)CCCC2. The number of hydrogen-bond acceptors (Lipinski definition) is 6. The van der Waals surface area contributed by atoms with Crippen LogP contribution in [0.25, 0.3) is 0 Å². The first kappa shape index (κ1) is 17.7. The van der Waals surface area contributed by atoms with Crippen LogP contribution in [0.1, 0.15) is 54.4 Å². The molecule has 26 heavy (non-hydrogen) atoms. The van der Waals surface area contributed by atoms with Crippen molar-refractivity contribution in [3.8, 4) is 0 Å². The highest BCUT2D eigenvalue weighted by molar-refractivity contribution is 8.00. The van der Waals surface area contributed by atoms with Gasteiger partial charge in [0.05, 0.1) is 16.6 Å². The lowest BCUT2D eigenvalue weighted by Gasteiger charge is -2.15. The molecule has 0 aliphatic heterocycles. The Balaban J connectivity index is 1.43. The number of H-pyrrole nitrogens is 1. The minimum Gasteiger partial charge on any atom is -0.301 e. The van der Waals surface area contributed by atoms with Crippen LogP contribution in [-0.2, 0) is 30.5 Å². The van der Waals surface area contributed by atoms with Gasteiger partial charge < -0.3 is 10.3 Å². The Hall–Kier alpha value is -1.67. The van der Waals surface area contributed by atoms with E-state index < -0.39 is 0 Å². The van der Waals surface area contributed by atoms with Crippen molar-refractivity contribution < 1.29 is 4.79 Å². The Morgan fingerprint density at radius 3 is 2.65 bits per heavy atom. The van der Waals surface area contributed by atoms with Gasteiger partial charge in [-0.3, -0.25) is 9.59 Å². The zero-order valence-corrected chi connectivity index (χ0v) is 16.4. The van der Waals surface area contributed by atoms with Crippen LogP contribution >= 0.6 is 23.1 Å². The Bertz CT molecular complexity index is 866. The van der Waals surface area contributed by atoms with Crippen molar-refractivity contribution in [2.75, 3.05) is 5.32 Å². The summed E-state index contributed by atoms with van der Waals surface area (Å²) < 4.78 is 0. The van der Waals surface area contributed by atoms with Crippen LogP contribution in [-0.4, -0.2) is 26.1 Å². The second-order valence-corrected chi connectivity index (χ2v) is 9.26. The summed E-state index contributed by atoms with van der Waals surface area (Å²) in [7, 11) is 0. The van der Waals surface area contributed by atoms with E-state index in [0.29, 0.717) is 10.3 Å². The van der Waals surface area contributed by atoms with E-state index in [9.17, 15) is 9.59 Å². The highest BCUT2D eigenvalue weighted by Crippen LogP contribution is 2.30. The summed E-state index contributed by atoms with van der Waals surface area (Å²) in [6.45, 7) is 1.83. The van der Waals surface area contributed by atoms with E-state index >= 15 is 0 Å². The maximum Gasteiger partial charge on any atom is 0.254 e. The van der Waals surface area contributed by atoms with Crippen molar-refractivity contribution in [3.05, 3.63) is 32.2 Å². The van der Waals surface area contributed by atoms with Crippen molar-refractivity contribution >= 4 is 34.1 Å². The number of rotatable bonds is 4. The average molecular weight is 391 g/mol. The lowest BCUT2D eigenvalue weighted by atomic mass is 9.97. The summed E-state index contributed by atoms with van der Waals surface area (Å²) in [4.78, 5) is 38.0. The fourth-order valence-electron chi connectivity index (χ4n) is 3.47. The molecule has 1 atom stereocenters. The number of anilines is 1. The number of carbonyl (C=O) groups excluding carboxylic acids is 1. The number of aryl methyl sites for hydroxylation is 3. The molecule has 2 aromatic rings. The highest BCUT2D eigenvalue weighted by Gasteiger charge is 2.22. The molecular weight excluding hydrogens is 368 g/mol. The molecule has 0 radical (unpaired) electrons. The number of fused-ring (bicyclic) bond motifs is 2. The molecule has 138 valence electrons. The molecular formula is C18H22N4O2S2. The summed E-state index contributed by atoms with van der Waals surface area (Å²) in [5.41, 5.74) is 2.78. The first-order valence-electron chi connectivity index (χ1n) is 9.18. The fraction of sp³-hybridized carbons (Fsp3) is 0.556. The second kappa shape index (κ2) is 7.52. The number of amides is 1. The van der Waals surface area contributed by atoms with Crippen LogP contribution < -0.4 is 10.9 Å². The molecule has 0 saturated heterocycles. The largest absolute Gasteiger partial charge is 0.301 e. The second-order valence-electron chi connectivity index (χ2n) is 6.85. The fourth-order valence-corrected chi connectivity index (χ4v) is 5.34. The maximum absolute atomic E-state index is 12.5. The minimum atomic E-state index is -0.360. The van der Waals surface area contributed by atoms with E-state index in [4.69, 9.17) is 0 Å². The van der Waals surface area contributed by atoms with Gasteiger partial charge in [0.1, 0.15) is 0 Å². The van der Waals surface area contributed by atoms with Gasteiger partial charge in [-0.2, -0.15) is 0 Å². The normalized spacial score (nSPS) is 17.3. The van der Waals surface area contributed by atoms with Crippen molar-refractivity contribution in [1.82, 2.24) is 15.0 Å². The Morgan fingerprint density at radius 1 is 1.12 bits per heavy atom. The molecule has 2 aromatic heterocycles. The van der Waals surface area contributed by atoms with Crippen molar-refractivity contribution in [1.29, 1.82) is 0 Å². The van der Waals surface area contributed by atoms with Gasteiger partial charge in [-0.25, -0.2) is 9.97 Å². The number of aromatic amines is 1. The lowest BCUT2D eigenvalue weighted by Crippen LogP contribution is -2.25. The Morgan fingerprint density at radius 2 is 1.85 bits per heavy atom. The first-order valence-corrected chi connectivity index (χ1v) is 10.9. The molecule has 2 aliphatic rings. The smallest absolute Gasteiger partial charge is 0.254 e. The van der Waals surface area contributed by atoms with E-state index in [1.807, 2.05) is 6.92 Å². The van der Waals surface area contributed by atoms with E-state index in [0.717, 1.165) is 55.5 Å². The van der Waals surface area contributed by atoms with Crippen LogP contribution in [0.15, 0.2) is 9.95 Å². The molecule has 0 saturated carbocycles. The predicted octanol–water partition coefficient (Wildman–Crippen LogP) is 3.10. The van der Waals surface area contributed by atoms with E-state index in [1.54, 1.807) is 11.3 Å². The van der Waals surface area contributed by atoms with E-state index in [2.05, 4.69) is 20.3 Å². The number of nitrogens with zero attached hydrogens (tertiary/aromatic N) is 2. The van der Waals surface area contributed by atoms with E-state index in [-0.39, 0.29) is 16.7 Å². The van der Waals surface area contributed by atoms with Crippen LogP contribution in [0.3, 0.4) is 0 Å². The van der Waals surface area contributed by atoms with Crippen LogP contribution in [0, 0.1) is 0 Å². The molecule has 4 rings (SSSR count). The zero-order valence-electron chi connectivity index (χ0n) is 14.8. The predicted molar refractivity (Wildman–Crippen MR) is 104 cm³/mol. The first-order chi connectivity index (χ1) is 12.6. The third-order valence-corrected chi connectivity index (χ3v) is 6.96. The molecule has 1 amide bonds. The average Bonchev–Trinajstić information content (AvgIpc) is 3.04. The van der Waals surface area contributed by atoms with Crippen LogP contribution in [0.5, 0.6) is 0 Å². The summed E-state index contributed by atoms with van der Waals surface area (Å²) in [5, 5.41) is 3.77. The summed E-state index contributed by atoms with van der Waals surface area (Å²) >= 11 is 2.87. The quantitative estimate of drug-likeness (QED) is 0.619. The molecule has 6 nitrogen and oxygen atoms in total. The molecule has 2 N–H and O–H groups in total. The standard InChI is InChI=1S/C18H22N4O2S2/c1-10(15(23)21-18-20-13-8-4-5-9-14(13)26-18)25-17-19-12-7-3-2-6-11(12)16(24)22-17/h10H,2-9H2,1H3,(H,19,22,24)(H,20,21,23)/t10-/m0/s1. The number of thioether (sulfide) groups is 1.